The molecule has 334 valence electrons. The van der Waals surface area contributed by atoms with E-state index in [9.17, 15) is 44.4 Å². The number of esters is 3. The van der Waals surface area contributed by atoms with Crippen molar-refractivity contribution in [1.29, 1.82) is 0 Å². The molecule has 0 radical (unpaired) electrons. The average Bonchev–Trinajstić information content (AvgIpc) is 3.27. The SMILES string of the molecule is CCC(=O)CC(=O)N[C@@H](c1ccccc1)[C@@H](O)C(=O)O[C@H]1C[C@@]2(O)[C@@H](OC(=O)c3ccccc3)[C@@H]3[C@]4(OC(=O)c5ccccc5)CO[C@@H]4C[C@H](O)[C@@]3(C)C(=O)[C@H](O)C(=C1C)C2(C)C. The minimum absolute atomic E-state index is 0.0608. The van der Waals surface area contributed by atoms with Crippen LogP contribution in [0.4, 0.5) is 0 Å². The number of benzene rings is 3. The minimum Gasteiger partial charge on any atom is -0.456 e. The number of amides is 1. The highest BCUT2D eigenvalue weighted by Crippen LogP contribution is 2.64. The van der Waals surface area contributed by atoms with Gasteiger partial charge in [-0.2, -0.15) is 0 Å². The lowest BCUT2D eigenvalue weighted by molar-refractivity contribution is -0.341. The van der Waals surface area contributed by atoms with Gasteiger partial charge in [0, 0.05) is 24.7 Å². The molecule has 1 heterocycles. The zero-order valence-electron chi connectivity index (χ0n) is 35.7. The van der Waals surface area contributed by atoms with E-state index < -0.39 is 113 Å². The molecule has 2 bridgehead atoms. The summed E-state index contributed by atoms with van der Waals surface area (Å²) in [6.07, 6.45) is -11.4. The Morgan fingerprint density at radius 3 is 1.98 bits per heavy atom. The Morgan fingerprint density at radius 2 is 1.43 bits per heavy atom. The van der Waals surface area contributed by atoms with Gasteiger partial charge in [0.05, 0.1) is 47.6 Å². The third-order valence-corrected chi connectivity index (χ3v) is 13.9. The molecule has 0 aromatic heterocycles. The number of fused-ring (bicyclic) bond motifs is 5. The first-order valence-electron chi connectivity index (χ1n) is 21.1. The van der Waals surface area contributed by atoms with Gasteiger partial charge in [-0.1, -0.05) is 87.5 Å². The fraction of sp³-hybridized carbons (Fsp3) is 0.458. The summed E-state index contributed by atoms with van der Waals surface area (Å²) in [5.74, 6) is -6.69. The molecule has 3 aromatic carbocycles. The van der Waals surface area contributed by atoms with Gasteiger partial charge >= 0.3 is 17.9 Å². The van der Waals surface area contributed by atoms with Crippen LogP contribution in [0.25, 0.3) is 0 Å². The molecular formula is C48H53NO14. The lowest BCUT2D eigenvalue weighted by Gasteiger charge is -2.67. The summed E-state index contributed by atoms with van der Waals surface area (Å²) in [6.45, 7) is 7.21. The standard InChI is InChI=1S/C48H53NO14/c1-6-30(50)22-34(52)49-36(27-16-10-7-11-17-27)38(54)44(58)61-31-24-48(59)41(62-42(56)28-18-12-8-13-19-28)39-46(5,40(55)37(53)35(26(31)2)45(48,3)4)32(51)23-33-47(39,25-60-33)63-43(57)29-20-14-9-15-21-29/h7-21,31-33,36-39,41,51,53-54,59H,6,22-25H2,1-5H3,(H,49,52)/t31-,32-,33+,36-,37+,38+,39-,41-,46+,47-,48+/m0/s1. The van der Waals surface area contributed by atoms with Crippen LogP contribution in [0.2, 0.25) is 0 Å². The lowest BCUT2D eigenvalue weighted by atomic mass is 9.44. The molecule has 63 heavy (non-hydrogen) atoms. The Kier molecular flexibility index (Phi) is 12.4. The first kappa shape index (κ1) is 45.4. The normalized spacial score (nSPS) is 31.6. The zero-order valence-corrected chi connectivity index (χ0v) is 35.7. The van der Waals surface area contributed by atoms with E-state index in [0.29, 0.717) is 5.56 Å². The summed E-state index contributed by atoms with van der Waals surface area (Å²) in [5, 5.41) is 52.2. The smallest absolute Gasteiger partial charge is 0.338 e. The van der Waals surface area contributed by atoms with Gasteiger partial charge < -0.3 is 44.7 Å². The van der Waals surface area contributed by atoms with Gasteiger partial charge in [0.15, 0.2) is 17.5 Å². The maximum absolute atomic E-state index is 15.2. The number of aliphatic hydroxyl groups excluding tert-OH is 3. The first-order valence-corrected chi connectivity index (χ1v) is 21.1. The molecule has 2 saturated carbocycles. The average molecular weight is 868 g/mol. The zero-order chi connectivity index (χ0) is 45.6. The van der Waals surface area contributed by atoms with Gasteiger partial charge in [-0.3, -0.25) is 14.4 Å². The van der Waals surface area contributed by atoms with E-state index >= 15 is 4.79 Å². The van der Waals surface area contributed by atoms with Crippen molar-refractivity contribution in [1.82, 2.24) is 5.32 Å². The van der Waals surface area contributed by atoms with Gasteiger partial charge in [0.2, 0.25) is 5.91 Å². The fourth-order valence-electron chi connectivity index (χ4n) is 10.2. The van der Waals surface area contributed by atoms with Crippen molar-refractivity contribution < 1.29 is 68.1 Å². The number of carbonyl (C=O) groups excluding carboxylic acids is 6. The van der Waals surface area contributed by atoms with Crippen molar-refractivity contribution in [2.45, 2.75) is 114 Å². The first-order chi connectivity index (χ1) is 29.8. The van der Waals surface area contributed by atoms with E-state index in [1.165, 1.54) is 52.0 Å². The maximum Gasteiger partial charge on any atom is 0.338 e. The largest absolute Gasteiger partial charge is 0.456 e. The van der Waals surface area contributed by atoms with Gasteiger partial charge in [-0.25, -0.2) is 14.4 Å². The van der Waals surface area contributed by atoms with E-state index in [1.54, 1.807) is 73.7 Å². The Balaban J connectivity index is 1.36. The molecule has 3 fully saturated rings. The van der Waals surface area contributed by atoms with Crippen LogP contribution in [0, 0.1) is 16.7 Å². The number of carbonyl (C=O) groups is 6. The topological polar surface area (TPSA) is 232 Å². The van der Waals surface area contributed by atoms with E-state index in [2.05, 4.69) is 5.32 Å². The molecule has 0 spiro atoms. The molecule has 1 saturated heterocycles. The predicted molar refractivity (Wildman–Crippen MR) is 222 cm³/mol. The molecule has 3 aromatic rings. The van der Waals surface area contributed by atoms with Gasteiger partial charge in [-0.05, 0) is 54.8 Å². The molecule has 15 nitrogen and oxygen atoms in total. The van der Waals surface area contributed by atoms with E-state index in [4.69, 9.17) is 18.9 Å². The van der Waals surface area contributed by atoms with Crippen molar-refractivity contribution in [2.24, 2.45) is 16.7 Å². The minimum atomic E-state index is -2.41. The molecule has 5 N–H and O–H groups in total. The number of ketones is 2. The van der Waals surface area contributed by atoms with Crippen LogP contribution in [-0.4, -0.2) is 110 Å². The van der Waals surface area contributed by atoms with E-state index in [-0.39, 0.29) is 47.5 Å². The van der Waals surface area contributed by atoms with Crippen molar-refractivity contribution in [3.63, 3.8) is 0 Å². The third kappa shape index (κ3) is 7.69. The molecule has 3 aliphatic carbocycles. The molecule has 0 unspecified atom stereocenters. The van der Waals surface area contributed by atoms with Gasteiger partial charge in [-0.15, -0.1) is 0 Å². The van der Waals surface area contributed by atoms with Crippen molar-refractivity contribution >= 4 is 35.4 Å². The van der Waals surface area contributed by atoms with E-state index in [1.807, 2.05) is 0 Å². The van der Waals surface area contributed by atoms with Crippen molar-refractivity contribution in [3.05, 3.63) is 119 Å². The van der Waals surface area contributed by atoms with Crippen LogP contribution in [0.3, 0.4) is 0 Å². The second-order valence-electron chi connectivity index (χ2n) is 17.7. The predicted octanol–water partition coefficient (Wildman–Crippen LogP) is 3.51. The number of nitrogens with one attached hydrogen (secondary N) is 1. The number of hydrogen-bond donors (Lipinski definition) is 5. The van der Waals surface area contributed by atoms with Crippen LogP contribution in [0.1, 0.15) is 92.6 Å². The summed E-state index contributed by atoms with van der Waals surface area (Å²) in [6, 6.07) is 22.5. The molecule has 7 rings (SSSR count). The highest BCUT2D eigenvalue weighted by molar-refractivity contribution is 5.98. The lowest BCUT2D eigenvalue weighted by Crippen LogP contribution is -2.81. The van der Waals surface area contributed by atoms with Crippen molar-refractivity contribution in [2.75, 3.05) is 6.61 Å². The molecule has 4 aliphatic rings. The van der Waals surface area contributed by atoms with Crippen LogP contribution in [-0.2, 0) is 38.1 Å². The van der Waals surface area contributed by atoms with Crippen molar-refractivity contribution in [3.8, 4) is 0 Å². The quantitative estimate of drug-likeness (QED) is 0.0760. The monoisotopic (exact) mass is 867 g/mol. The summed E-state index contributed by atoms with van der Waals surface area (Å²) < 4.78 is 24.7. The summed E-state index contributed by atoms with van der Waals surface area (Å²) in [5.41, 5.74) is -7.45. The molecule has 1 aliphatic heterocycles. The number of aliphatic hydroxyl groups is 4. The van der Waals surface area contributed by atoms with Crippen LogP contribution in [0.5, 0.6) is 0 Å². The Bertz CT molecular complexity index is 2300. The highest BCUT2D eigenvalue weighted by atomic mass is 16.6. The van der Waals surface area contributed by atoms with Gasteiger partial charge in [0.1, 0.15) is 35.8 Å². The van der Waals surface area contributed by atoms with Crippen LogP contribution >= 0.6 is 0 Å². The number of rotatable bonds is 12. The second-order valence-corrected chi connectivity index (χ2v) is 17.7. The Morgan fingerprint density at radius 1 is 0.857 bits per heavy atom. The molecule has 15 heteroatoms. The molecular weight excluding hydrogens is 815 g/mol. The number of Topliss-reactive ketones (excluding diaryl/α,β-unsaturated/α-hetero) is 2. The fourth-order valence-corrected chi connectivity index (χ4v) is 10.2. The van der Waals surface area contributed by atoms with Gasteiger partial charge in [0.25, 0.3) is 0 Å². The summed E-state index contributed by atoms with van der Waals surface area (Å²) >= 11 is 0. The Labute approximate surface area is 364 Å². The summed E-state index contributed by atoms with van der Waals surface area (Å²) in [7, 11) is 0. The number of ether oxygens (including phenoxy) is 4. The highest BCUT2D eigenvalue weighted by Gasteiger charge is 2.78. The Hall–Kier alpha value is -5.58. The summed E-state index contributed by atoms with van der Waals surface area (Å²) in [4.78, 5) is 82.8. The van der Waals surface area contributed by atoms with E-state index in [0.717, 1.165) is 0 Å². The second kappa shape index (κ2) is 17.2. The number of hydrogen-bond acceptors (Lipinski definition) is 14. The van der Waals surface area contributed by atoms with Crippen LogP contribution in [0.15, 0.2) is 102 Å². The third-order valence-electron chi connectivity index (χ3n) is 13.9. The molecule has 11 atom stereocenters. The maximum atomic E-state index is 15.2. The molecule has 1 amide bonds. The van der Waals surface area contributed by atoms with Crippen LogP contribution < -0.4 is 5.32 Å².